The van der Waals surface area contributed by atoms with E-state index in [0.29, 0.717) is 23.7 Å². The number of halogens is 1. The molecule has 0 bridgehead atoms. The molecule has 0 aliphatic heterocycles. The molecule has 0 aliphatic rings. The van der Waals surface area contributed by atoms with Crippen molar-refractivity contribution in [1.29, 1.82) is 0 Å². The minimum absolute atomic E-state index is 0.0815. The van der Waals surface area contributed by atoms with Crippen molar-refractivity contribution < 1.29 is 9.18 Å². The summed E-state index contributed by atoms with van der Waals surface area (Å²) in [6, 6.07) is 12.0. The molecule has 1 amide bonds. The molecule has 0 saturated heterocycles. The van der Waals surface area contributed by atoms with Crippen LogP contribution in [0.1, 0.15) is 11.4 Å². The van der Waals surface area contributed by atoms with Crippen molar-refractivity contribution in [2.24, 2.45) is 0 Å². The fraction of sp³-hybridized carbons (Fsp3) is 0.167. The molecule has 2 heterocycles. The monoisotopic (exact) mass is 341 g/mol. The molecule has 2 aromatic heterocycles. The Hall–Kier alpha value is -2.60. The summed E-state index contributed by atoms with van der Waals surface area (Å²) in [5.41, 5.74) is 2.36. The Kier molecular flexibility index (Phi) is 5.28. The molecule has 24 heavy (non-hydrogen) atoms. The standard InChI is InChI=1S/C18H16FN3OS/c19-14-5-3-4-13(10-14)18-22-16(12-24-18)11-17(23)21-9-7-15-6-1-2-8-20-15/h1-6,8,10,12H,7,9,11H2,(H,21,23). The molecule has 0 atom stereocenters. The van der Waals surface area contributed by atoms with Crippen LogP contribution in [0.15, 0.2) is 54.0 Å². The number of aromatic nitrogens is 2. The lowest BCUT2D eigenvalue weighted by Gasteiger charge is -2.03. The molecule has 122 valence electrons. The van der Waals surface area contributed by atoms with Crippen LogP contribution in [0.3, 0.4) is 0 Å². The SMILES string of the molecule is O=C(Cc1csc(-c2cccc(F)c2)n1)NCCc1ccccn1. The third kappa shape index (κ3) is 4.45. The van der Waals surface area contributed by atoms with Crippen LogP contribution >= 0.6 is 11.3 Å². The molecule has 3 rings (SSSR count). The average Bonchev–Trinajstić information content (AvgIpc) is 3.04. The van der Waals surface area contributed by atoms with Crippen LogP contribution in [0.2, 0.25) is 0 Å². The Balaban J connectivity index is 1.52. The molecule has 0 spiro atoms. The van der Waals surface area contributed by atoms with E-state index in [4.69, 9.17) is 0 Å². The van der Waals surface area contributed by atoms with E-state index in [2.05, 4.69) is 15.3 Å². The third-order valence-corrected chi connectivity index (χ3v) is 4.33. The van der Waals surface area contributed by atoms with Gasteiger partial charge in [0.2, 0.25) is 5.91 Å². The zero-order chi connectivity index (χ0) is 16.8. The number of pyridine rings is 1. The lowest BCUT2D eigenvalue weighted by molar-refractivity contribution is -0.120. The Bertz CT molecular complexity index is 820. The van der Waals surface area contributed by atoms with E-state index in [9.17, 15) is 9.18 Å². The van der Waals surface area contributed by atoms with Crippen molar-refractivity contribution in [3.8, 4) is 10.6 Å². The van der Waals surface area contributed by atoms with Crippen LogP contribution in [0.5, 0.6) is 0 Å². The van der Waals surface area contributed by atoms with Crippen LogP contribution in [0, 0.1) is 5.82 Å². The van der Waals surface area contributed by atoms with Gasteiger partial charge < -0.3 is 5.32 Å². The van der Waals surface area contributed by atoms with Crippen molar-refractivity contribution in [1.82, 2.24) is 15.3 Å². The van der Waals surface area contributed by atoms with Gasteiger partial charge in [0.15, 0.2) is 0 Å². The number of carbonyl (C=O) groups excluding carboxylic acids is 1. The zero-order valence-electron chi connectivity index (χ0n) is 12.9. The second-order valence-electron chi connectivity index (χ2n) is 5.25. The quantitative estimate of drug-likeness (QED) is 0.749. The number of hydrogen-bond acceptors (Lipinski definition) is 4. The summed E-state index contributed by atoms with van der Waals surface area (Å²) in [4.78, 5) is 20.6. The number of amides is 1. The van der Waals surface area contributed by atoms with E-state index in [-0.39, 0.29) is 18.1 Å². The molecule has 3 aromatic rings. The van der Waals surface area contributed by atoms with Crippen molar-refractivity contribution in [3.63, 3.8) is 0 Å². The van der Waals surface area contributed by atoms with Crippen molar-refractivity contribution in [3.05, 3.63) is 71.2 Å². The molecule has 0 radical (unpaired) electrons. The minimum atomic E-state index is -0.295. The summed E-state index contributed by atoms with van der Waals surface area (Å²) in [6.07, 6.45) is 2.65. The molecule has 0 aliphatic carbocycles. The Morgan fingerprint density at radius 1 is 1.17 bits per heavy atom. The summed E-state index contributed by atoms with van der Waals surface area (Å²) in [5.74, 6) is -0.376. The van der Waals surface area contributed by atoms with Gasteiger partial charge in [-0.15, -0.1) is 11.3 Å². The normalized spacial score (nSPS) is 10.5. The van der Waals surface area contributed by atoms with Gasteiger partial charge in [-0.05, 0) is 24.3 Å². The van der Waals surface area contributed by atoms with Crippen molar-refractivity contribution in [2.45, 2.75) is 12.8 Å². The first kappa shape index (κ1) is 16.3. The second-order valence-corrected chi connectivity index (χ2v) is 6.11. The van der Waals surface area contributed by atoms with E-state index in [1.807, 2.05) is 23.6 Å². The lowest BCUT2D eigenvalue weighted by Crippen LogP contribution is -2.27. The predicted octanol–water partition coefficient (Wildman–Crippen LogP) is 3.25. The zero-order valence-corrected chi connectivity index (χ0v) is 13.7. The van der Waals surface area contributed by atoms with Gasteiger partial charge in [-0.3, -0.25) is 9.78 Å². The maximum atomic E-state index is 13.3. The predicted molar refractivity (Wildman–Crippen MR) is 92.2 cm³/mol. The van der Waals surface area contributed by atoms with Gasteiger partial charge in [0.25, 0.3) is 0 Å². The maximum absolute atomic E-state index is 13.3. The topological polar surface area (TPSA) is 54.9 Å². The first-order chi connectivity index (χ1) is 11.7. The number of nitrogens with one attached hydrogen (secondary N) is 1. The minimum Gasteiger partial charge on any atom is -0.355 e. The number of thiazole rings is 1. The Morgan fingerprint density at radius 2 is 2.08 bits per heavy atom. The fourth-order valence-electron chi connectivity index (χ4n) is 2.25. The smallest absolute Gasteiger partial charge is 0.226 e. The highest BCUT2D eigenvalue weighted by atomic mass is 32.1. The number of hydrogen-bond donors (Lipinski definition) is 1. The summed E-state index contributed by atoms with van der Waals surface area (Å²) >= 11 is 1.41. The number of rotatable bonds is 6. The highest BCUT2D eigenvalue weighted by molar-refractivity contribution is 7.13. The molecular formula is C18H16FN3OS. The molecule has 0 fully saturated rings. The lowest BCUT2D eigenvalue weighted by atomic mass is 10.2. The second kappa shape index (κ2) is 7.79. The van der Waals surface area contributed by atoms with Gasteiger partial charge >= 0.3 is 0 Å². The van der Waals surface area contributed by atoms with Crippen LogP contribution in [-0.2, 0) is 17.6 Å². The van der Waals surface area contributed by atoms with Gasteiger partial charge in [-0.2, -0.15) is 0 Å². The van der Waals surface area contributed by atoms with E-state index in [0.717, 1.165) is 11.3 Å². The number of benzene rings is 1. The summed E-state index contributed by atoms with van der Waals surface area (Å²) in [6.45, 7) is 0.538. The van der Waals surface area contributed by atoms with Crippen LogP contribution < -0.4 is 5.32 Å². The van der Waals surface area contributed by atoms with Crippen molar-refractivity contribution >= 4 is 17.2 Å². The van der Waals surface area contributed by atoms with Crippen LogP contribution in [-0.4, -0.2) is 22.4 Å². The Morgan fingerprint density at radius 3 is 2.88 bits per heavy atom. The van der Waals surface area contributed by atoms with Gasteiger partial charge in [0.1, 0.15) is 10.8 Å². The molecular weight excluding hydrogens is 325 g/mol. The highest BCUT2D eigenvalue weighted by Gasteiger charge is 2.09. The summed E-state index contributed by atoms with van der Waals surface area (Å²) in [5, 5.41) is 5.41. The summed E-state index contributed by atoms with van der Waals surface area (Å²) in [7, 11) is 0. The fourth-order valence-corrected chi connectivity index (χ4v) is 3.06. The highest BCUT2D eigenvalue weighted by Crippen LogP contribution is 2.24. The molecule has 1 N–H and O–H groups in total. The van der Waals surface area contributed by atoms with Gasteiger partial charge in [0.05, 0.1) is 12.1 Å². The summed E-state index contributed by atoms with van der Waals surface area (Å²) < 4.78 is 13.3. The van der Waals surface area contributed by atoms with E-state index < -0.39 is 0 Å². The number of nitrogens with zero attached hydrogens (tertiary/aromatic N) is 2. The maximum Gasteiger partial charge on any atom is 0.226 e. The average molecular weight is 341 g/mol. The van der Waals surface area contributed by atoms with Crippen LogP contribution in [0.4, 0.5) is 4.39 Å². The molecule has 0 unspecified atom stereocenters. The first-order valence-corrected chi connectivity index (χ1v) is 8.45. The largest absolute Gasteiger partial charge is 0.355 e. The van der Waals surface area contributed by atoms with Gasteiger partial charge in [-0.25, -0.2) is 9.37 Å². The van der Waals surface area contributed by atoms with E-state index in [1.165, 1.54) is 23.5 Å². The van der Waals surface area contributed by atoms with Gasteiger partial charge in [0, 0.05) is 35.8 Å². The van der Waals surface area contributed by atoms with Crippen molar-refractivity contribution in [2.75, 3.05) is 6.54 Å². The molecule has 6 heteroatoms. The molecule has 0 saturated carbocycles. The Labute approximate surface area is 143 Å². The van der Waals surface area contributed by atoms with Gasteiger partial charge in [-0.1, -0.05) is 18.2 Å². The molecule has 1 aromatic carbocycles. The molecule has 4 nitrogen and oxygen atoms in total. The first-order valence-electron chi connectivity index (χ1n) is 7.57. The van der Waals surface area contributed by atoms with E-state index in [1.54, 1.807) is 18.3 Å². The third-order valence-electron chi connectivity index (χ3n) is 3.39. The van der Waals surface area contributed by atoms with Crippen LogP contribution in [0.25, 0.3) is 10.6 Å². The number of carbonyl (C=O) groups is 1. The van der Waals surface area contributed by atoms with E-state index >= 15 is 0 Å².